The van der Waals surface area contributed by atoms with Crippen LogP contribution in [-0.2, 0) is 6.54 Å². The zero-order valence-electron chi connectivity index (χ0n) is 18.0. The van der Waals surface area contributed by atoms with Gasteiger partial charge in [-0.1, -0.05) is 42.5 Å². The molecule has 32 heavy (non-hydrogen) atoms. The normalized spacial score (nSPS) is 11.2. The number of methoxy groups -OCH3 is 1. The fourth-order valence-corrected chi connectivity index (χ4v) is 4.09. The number of ether oxygens (including phenoxy) is 1. The maximum Gasteiger partial charge on any atom is 0.287 e. The summed E-state index contributed by atoms with van der Waals surface area (Å²) in [6.07, 6.45) is 0. The van der Waals surface area contributed by atoms with E-state index in [-0.39, 0.29) is 5.91 Å². The minimum absolute atomic E-state index is 0.249. The average molecular weight is 425 g/mol. The lowest BCUT2D eigenvalue weighted by molar-refractivity contribution is 0.0927. The summed E-state index contributed by atoms with van der Waals surface area (Å²) in [5, 5.41) is 3.89. The molecule has 2 aromatic heterocycles. The van der Waals surface area contributed by atoms with E-state index in [1.54, 1.807) is 13.2 Å². The molecule has 1 amide bonds. The molecule has 0 unspecified atom stereocenters. The van der Waals surface area contributed by atoms with Crippen LogP contribution < -0.4 is 10.1 Å². The van der Waals surface area contributed by atoms with Gasteiger partial charge in [0.25, 0.3) is 5.91 Å². The van der Waals surface area contributed by atoms with Crippen molar-refractivity contribution >= 4 is 27.9 Å². The number of furan rings is 1. The van der Waals surface area contributed by atoms with Crippen molar-refractivity contribution < 1.29 is 13.9 Å². The second kappa shape index (κ2) is 8.23. The minimum atomic E-state index is -0.249. The number of hydrogen-bond acceptors (Lipinski definition) is 4. The van der Waals surface area contributed by atoms with Gasteiger partial charge in [-0.15, -0.1) is 0 Å². The maximum absolute atomic E-state index is 13.2. The van der Waals surface area contributed by atoms with Gasteiger partial charge in [-0.25, -0.2) is 4.98 Å². The summed E-state index contributed by atoms with van der Waals surface area (Å²) < 4.78 is 13.5. The van der Waals surface area contributed by atoms with E-state index in [9.17, 15) is 4.79 Å². The molecule has 3 aromatic carbocycles. The summed E-state index contributed by atoms with van der Waals surface area (Å²) in [7, 11) is 1.61. The van der Waals surface area contributed by atoms with E-state index in [4.69, 9.17) is 9.15 Å². The van der Waals surface area contributed by atoms with E-state index in [1.807, 2.05) is 73.7 Å². The number of benzene rings is 3. The van der Waals surface area contributed by atoms with Gasteiger partial charge < -0.3 is 19.0 Å². The Balaban J connectivity index is 1.44. The molecule has 160 valence electrons. The van der Waals surface area contributed by atoms with E-state index in [0.29, 0.717) is 30.2 Å². The van der Waals surface area contributed by atoms with Gasteiger partial charge in [0.15, 0.2) is 0 Å². The Morgan fingerprint density at radius 2 is 1.84 bits per heavy atom. The molecule has 0 aliphatic rings. The Hall–Kier alpha value is -4.06. The number of carbonyl (C=O) groups is 1. The summed E-state index contributed by atoms with van der Waals surface area (Å²) in [5.74, 6) is 1.65. The van der Waals surface area contributed by atoms with Crippen molar-refractivity contribution in [1.29, 1.82) is 0 Å². The predicted octanol–water partition coefficient (Wildman–Crippen LogP) is 5.20. The molecular weight excluding hydrogens is 402 g/mol. The highest BCUT2D eigenvalue weighted by Gasteiger charge is 2.22. The smallest absolute Gasteiger partial charge is 0.287 e. The van der Waals surface area contributed by atoms with Crippen LogP contribution in [0.25, 0.3) is 33.1 Å². The molecule has 0 aliphatic carbocycles. The number of fused-ring (bicyclic) bond motifs is 2. The molecule has 5 rings (SSSR count). The lowest BCUT2D eigenvalue weighted by Crippen LogP contribution is -2.27. The second-order valence-corrected chi connectivity index (χ2v) is 7.59. The van der Waals surface area contributed by atoms with Crippen LogP contribution in [0.4, 0.5) is 0 Å². The minimum Gasteiger partial charge on any atom is -0.497 e. The first-order valence-corrected chi connectivity index (χ1v) is 10.5. The average Bonchev–Trinajstić information content (AvgIpc) is 3.36. The van der Waals surface area contributed by atoms with Crippen molar-refractivity contribution in [3.63, 3.8) is 0 Å². The number of imidazole rings is 1. The SMILES string of the molecule is COc1ccc2c(-c3ccccc3)c(C(=O)NCCn3c(C)nc4ccccc43)oc2c1. The first-order chi connectivity index (χ1) is 15.7. The molecule has 1 N–H and O–H groups in total. The summed E-state index contributed by atoms with van der Waals surface area (Å²) in [6, 6.07) is 23.4. The van der Waals surface area contributed by atoms with Crippen molar-refractivity contribution in [2.45, 2.75) is 13.5 Å². The molecule has 5 aromatic rings. The van der Waals surface area contributed by atoms with Crippen LogP contribution in [0, 0.1) is 6.92 Å². The fraction of sp³-hybridized carbons (Fsp3) is 0.154. The Morgan fingerprint density at radius 3 is 2.66 bits per heavy atom. The lowest BCUT2D eigenvalue weighted by Gasteiger charge is -2.09. The second-order valence-electron chi connectivity index (χ2n) is 7.59. The molecule has 0 fully saturated rings. The number of hydrogen-bond donors (Lipinski definition) is 1. The molecule has 0 radical (unpaired) electrons. The number of para-hydroxylation sites is 2. The number of nitrogens with zero attached hydrogens (tertiary/aromatic N) is 2. The molecular formula is C26H23N3O3. The van der Waals surface area contributed by atoms with Crippen molar-refractivity contribution in [1.82, 2.24) is 14.9 Å². The predicted molar refractivity (Wildman–Crippen MR) is 125 cm³/mol. The third kappa shape index (κ3) is 3.50. The topological polar surface area (TPSA) is 69.3 Å². The largest absolute Gasteiger partial charge is 0.497 e. The number of nitrogens with one attached hydrogen (secondary N) is 1. The summed E-state index contributed by atoms with van der Waals surface area (Å²) in [6.45, 7) is 3.05. The Labute approximate surface area is 185 Å². The van der Waals surface area contributed by atoms with Crippen LogP contribution in [0.3, 0.4) is 0 Å². The van der Waals surface area contributed by atoms with Gasteiger partial charge in [0.05, 0.1) is 18.1 Å². The van der Waals surface area contributed by atoms with Crippen molar-refractivity contribution in [2.24, 2.45) is 0 Å². The number of carbonyl (C=O) groups excluding carboxylic acids is 1. The quantitative estimate of drug-likeness (QED) is 0.406. The molecule has 2 heterocycles. The molecule has 6 heteroatoms. The van der Waals surface area contributed by atoms with E-state index >= 15 is 0 Å². The highest BCUT2D eigenvalue weighted by molar-refractivity contribution is 6.08. The number of amides is 1. The molecule has 0 saturated heterocycles. The fourth-order valence-electron chi connectivity index (χ4n) is 4.09. The van der Waals surface area contributed by atoms with Crippen LogP contribution in [0.2, 0.25) is 0 Å². The first kappa shape index (κ1) is 19.9. The van der Waals surface area contributed by atoms with Crippen molar-refractivity contribution in [3.05, 3.63) is 84.4 Å². The molecule has 0 aliphatic heterocycles. The van der Waals surface area contributed by atoms with Gasteiger partial charge in [-0.2, -0.15) is 0 Å². The monoisotopic (exact) mass is 425 g/mol. The molecule has 0 spiro atoms. The zero-order valence-corrected chi connectivity index (χ0v) is 18.0. The number of aromatic nitrogens is 2. The van der Waals surface area contributed by atoms with Crippen LogP contribution in [-0.4, -0.2) is 29.1 Å². The van der Waals surface area contributed by atoms with Gasteiger partial charge in [-0.3, -0.25) is 4.79 Å². The van der Waals surface area contributed by atoms with E-state index in [2.05, 4.69) is 14.9 Å². The molecule has 0 atom stereocenters. The van der Waals surface area contributed by atoms with Crippen LogP contribution in [0.15, 0.2) is 77.2 Å². The molecule has 0 bridgehead atoms. The van der Waals surface area contributed by atoms with Gasteiger partial charge in [-0.05, 0) is 36.8 Å². The van der Waals surface area contributed by atoms with Gasteiger partial charge in [0.2, 0.25) is 5.76 Å². The summed E-state index contributed by atoms with van der Waals surface area (Å²) >= 11 is 0. The Kier molecular flexibility index (Phi) is 5.11. The van der Waals surface area contributed by atoms with Crippen LogP contribution >= 0.6 is 0 Å². The van der Waals surface area contributed by atoms with Gasteiger partial charge >= 0.3 is 0 Å². The molecule has 0 saturated carbocycles. The Morgan fingerprint density at radius 1 is 1.06 bits per heavy atom. The van der Waals surface area contributed by atoms with E-state index in [0.717, 1.165) is 33.4 Å². The van der Waals surface area contributed by atoms with Gasteiger partial charge in [0, 0.05) is 30.1 Å². The van der Waals surface area contributed by atoms with Crippen molar-refractivity contribution in [2.75, 3.05) is 13.7 Å². The van der Waals surface area contributed by atoms with E-state index in [1.165, 1.54) is 0 Å². The highest BCUT2D eigenvalue weighted by Crippen LogP contribution is 2.36. The lowest BCUT2D eigenvalue weighted by atomic mass is 10.0. The first-order valence-electron chi connectivity index (χ1n) is 10.5. The molecule has 6 nitrogen and oxygen atoms in total. The number of rotatable bonds is 6. The van der Waals surface area contributed by atoms with Crippen LogP contribution in [0.5, 0.6) is 5.75 Å². The maximum atomic E-state index is 13.2. The zero-order chi connectivity index (χ0) is 22.1. The van der Waals surface area contributed by atoms with E-state index < -0.39 is 0 Å². The van der Waals surface area contributed by atoms with Gasteiger partial charge in [0.1, 0.15) is 17.2 Å². The Bertz CT molecular complexity index is 1420. The summed E-state index contributed by atoms with van der Waals surface area (Å²) in [5.41, 5.74) is 4.34. The summed E-state index contributed by atoms with van der Waals surface area (Å²) in [4.78, 5) is 17.8. The highest BCUT2D eigenvalue weighted by atomic mass is 16.5. The van der Waals surface area contributed by atoms with Crippen LogP contribution in [0.1, 0.15) is 16.4 Å². The third-order valence-electron chi connectivity index (χ3n) is 5.63. The third-order valence-corrected chi connectivity index (χ3v) is 5.63. The standard InChI is InChI=1S/C26H23N3O3/c1-17-28-21-10-6-7-11-22(21)29(17)15-14-27-26(30)25-24(18-8-4-3-5-9-18)20-13-12-19(31-2)16-23(20)32-25/h3-13,16H,14-15H2,1-2H3,(H,27,30). The van der Waals surface area contributed by atoms with Crippen molar-refractivity contribution in [3.8, 4) is 16.9 Å². The number of aryl methyl sites for hydroxylation is 1.